The summed E-state index contributed by atoms with van der Waals surface area (Å²) in [5.74, 6) is 1.91. The van der Waals surface area contributed by atoms with Gasteiger partial charge in [0.1, 0.15) is 11.6 Å². The molecule has 1 atom stereocenters. The molecular weight excluding hydrogens is 338 g/mol. The van der Waals surface area contributed by atoms with Crippen molar-refractivity contribution < 1.29 is 9.47 Å². The quantitative estimate of drug-likeness (QED) is 0.886. The summed E-state index contributed by atoms with van der Waals surface area (Å²) in [5.41, 5.74) is 8.49. The highest BCUT2D eigenvalue weighted by Gasteiger charge is 2.48. The lowest BCUT2D eigenvalue weighted by atomic mass is 9.80. The Kier molecular flexibility index (Phi) is 3.62. The molecule has 5 heteroatoms. The van der Waals surface area contributed by atoms with Gasteiger partial charge in [0.05, 0.1) is 19.1 Å². The van der Waals surface area contributed by atoms with Crippen LogP contribution in [0.15, 0.2) is 35.6 Å². The van der Waals surface area contributed by atoms with Crippen molar-refractivity contribution in [3.8, 4) is 5.75 Å². The summed E-state index contributed by atoms with van der Waals surface area (Å²) in [6.07, 6.45) is 5.66. The van der Waals surface area contributed by atoms with Crippen LogP contribution in [0.2, 0.25) is 0 Å². The first-order chi connectivity index (χ1) is 13.2. The smallest absolute Gasteiger partial charge is 0.126 e. The second kappa shape index (κ2) is 5.92. The molecule has 1 spiro atoms. The third kappa shape index (κ3) is 2.21. The number of rotatable bonds is 2. The lowest BCUT2D eigenvalue weighted by molar-refractivity contribution is 0.188. The highest BCUT2D eigenvalue weighted by atomic mass is 16.5. The molecule has 1 aliphatic carbocycles. The number of hydrogen-bond donors (Lipinski definition) is 1. The maximum atomic E-state index is 5.84. The Morgan fingerprint density at radius 1 is 1.30 bits per heavy atom. The SMILES string of the molecule is CN=C1Nc2cc(C3=C(C)c4ccncc4C3)c(OC)cc2C12CCOC2. The molecule has 1 N–H and O–H groups in total. The van der Waals surface area contributed by atoms with E-state index in [2.05, 4.69) is 40.4 Å². The van der Waals surface area contributed by atoms with Crippen molar-refractivity contribution in [3.63, 3.8) is 0 Å². The van der Waals surface area contributed by atoms with Crippen molar-refractivity contribution in [2.45, 2.75) is 25.2 Å². The normalized spacial score (nSPS) is 24.5. The number of nitrogens with zero attached hydrogens (tertiary/aromatic N) is 2. The monoisotopic (exact) mass is 361 g/mol. The molecule has 1 aromatic carbocycles. The minimum atomic E-state index is -0.165. The molecule has 3 aliphatic rings. The molecule has 2 aromatic rings. The van der Waals surface area contributed by atoms with Crippen molar-refractivity contribution in [2.24, 2.45) is 4.99 Å². The van der Waals surface area contributed by atoms with Gasteiger partial charge in [-0.05, 0) is 59.4 Å². The number of ether oxygens (including phenoxy) is 2. The van der Waals surface area contributed by atoms with Gasteiger partial charge in [-0.3, -0.25) is 9.98 Å². The number of fused-ring (bicyclic) bond motifs is 3. The summed E-state index contributed by atoms with van der Waals surface area (Å²) in [5, 5.41) is 3.55. The second-order valence-corrected chi connectivity index (χ2v) is 7.49. The second-order valence-electron chi connectivity index (χ2n) is 7.49. The molecule has 138 valence electrons. The molecule has 3 heterocycles. The predicted octanol–water partition coefficient (Wildman–Crippen LogP) is 3.69. The summed E-state index contributed by atoms with van der Waals surface area (Å²) in [4.78, 5) is 8.82. The molecule has 2 aliphatic heterocycles. The summed E-state index contributed by atoms with van der Waals surface area (Å²) >= 11 is 0. The Morgan fingerprint density at radius 3 is 2.89 bits per heavy atom. The molecule has 0 amide bonds. The average Bonchev–Trinajstić information content (AvgIpc) is 3.39. The van der Waals surface area contributed by atoms with Crippen LogP contribution in [-0.2, 0) is 16.6 Å². The molecule has 0 bridgehead atoms. The van der Waals surface area contributed by atoms with Crippen LogP contribution in [0.5, 0.6) is 5.75 Å². The van der Waals surface area contributed by atoms with E-state index in [1.54, 1.807) is 7.11 Å². The van der Waals surface area contributed by atoms with Gasteiger partial charge in [0.15, 0.2) is 0 Å². The first-order valence-corrected chi connectivity index (χ1v) is 9.36. The van der Waals surface area contributed by atoms with E-state index in [0.717, 1.165) is 42.3 Å². The fraction of sp³-hybridized carbons (Fsp3) is 0.364. The van der Waals surface area contributed by atoms with Crippen LogP contribution in [0.3, 0.4) is 0 Å². The standard InChI is InChI=1S/C22H23N3O2/c1-13-15-4-6-24-11-14(15)8-16(13)17-9-19-18(10-20(17)26-3)22(5-7-27-12-22)21(23-2)25-19/h4,6,9-11H,5,7-8,12H2,1-3H3,(H,23,25). The van der Waals surface area contributed by atoms with Gasteiger partial charge in [-0.2, -0.15) is 0 Å². The molecule has 5 nitrogen and oxygen atoms in total. The molecule has 1 aromatic heterocycles. The van der Waals surface area contributed by atoms with E-state index in [9.17, 15) is 0 Å². The van der Waals surface area contributed by atoms with Gasteiger partial charge in [-0.1, -0.05) is 0 Å². The number of anilines is 1. The number of amidine groups is 1. The van der Waals surface area contributed by atoms with Gasteiger partial charge in [-0.15, -0.1) is 0 Å². The van der Waals surface area contributed by atoms with E-state index in [4.69, 9.17) is 9.47 Å². The minimum absolute atomic E-state index is 0.165. The Morgan fingerprint density at radius 2 is 2.19 bits per heavy atom. The number of benzene rings is 1. The summed E-state index contributed by atoms with van der Waals surface area (Å²) in [6.45, 7) is 3.62. The van der Waals surface area contributed by atoms with Gasteiger partial charge < -0.3 is 14.8 Å². The third-order valence-corrected chi connectivity index (χ3v) is 6.26. The molecule has 1 fully saturated rings. The van der Waals surface area contributed by atoms with Crippen LogP contribution in [-0.4, -0.2) is 38.2 Å². The zero-order valence-corrected chi connectivity index (χ0v) is 15.9. The topological polar surface area (TPSA) is 55.7 Å². The van der Waals surface area contributed by atoms with Crippen LogP contribution >= 0.6 is 0 Å². The zero-order chi connectivity index (χ0) is 18.6. The number of aromatic nitrogens is 1. The highest BCUT2D eigenvalue weighted by Crippen LogP contribution is 2.49. The van der Waals surface area contributed by atoms with E-state index in [1.807, 2.05) is 19.4 Å². The lowest BCUT2D eigenvalue weighted by Crippen LogP contribution is -2.35. The molecular formula is C22H23N3O2. The van der Waals surface area contributed by atoms with Crippen molar-refractivity contribution in [1.82, 2.24) is 4.98 Å². The maximum absolute atomic E-state index is 5.84. The number of nitrogens with one attached hydrogen (secondary N) is 1. The Hall–Kier alpha value is -2.66. The van der Waals surface area contributed by atoms with E-state index in [-0.39, 0.29) is 5.41 Å². The molecule has 0 radical (unpaired) electrons. The van der Waals surface area contributed by atoms with Gasteiger partial charge in [0.2, 0.25) is 0 Å². The van der Waals surface area contributed by atoms with Crippen LogP contribution in [0, 0.1) is 0 Å². The number of allylic oxidation sites excluding steroid dienone is 2. The number of methoxy groups -OCH3 is 1. The van der Waals surface area contributed by atoms with Crippen molar-refractivity contribution >= 4 is 22.7 Å². The van der Waals surface area contributed by atoms with E-state index in [0.29, 0.717) is 6.61 Å². The Bertz CT molecular complexity index is 1000. The van der Waals surface area contributed by atoms with Crippen molar-refractivity contribution in [1.29, 1.82) is 0 Å². The van der Waals surface area contributed by atoms with Gasteiger partial charge in [0.25, 0.3) is 0 Å². The van der Waals surface area contributed by atoms with Crippen LogP contribution in [0.25, 0.3) is 11.1 Å². The zero-order valence-electron chi connectivity index (χ0n) is 15.9. The van der Waals surface area contributed by atoms with Gasteiger partial charge in [-0.25, -0.2) is 0 Å². The van der Waals surface area contributed by atoms with Gasteiger partial charge >= 0.3 is 0 Å². The Balaban J connectivity index is 1.67. The van der Waals surface area contributed by atoms with Gasteiger partial charge in [0, 0.05) is 43.7 Å². The molecule has 27 heavy (non-hydrogen) atoms. The molecule has 1 unspecified atom stereocenters. The fourth-order valence-corrected chi connectivity index (χ4v) is 4.81. The number of hydrogen-bond acceptors (Lipinski definition) is 4. The maximum Gasteiger partial charge on any atom is 0.126 e. The lowest BCUT2D eigenvalue weighted by Gasteiger charge is -2.23. The van der Waals surface area contributed by atoms with Crippen molar-refractivity contribution in [3.05, 3.63) is 52.8 Å². The first kappa shape index (κ1) is 16.5. The molecule has 5 rings (SSSR count). The number of pyridine rings is 1. The van der Waals surface area contributed by atoms with Crippen LogP contribution in [0.4, 0.5) is 5.69 Å². The average molecular weight is 361 g/mol. The largest absolute Gasteiger partial charge is 0.496 e. The summed E-state index contributed by atoms with van der Waals surface area (Å²) in [6, 6.07) is 6.51. The van der Waals surface area contributed by atoms with E-state index >= 15 is 0 Å². The first-order valence-electron chi connectivity index (χ1n) is 9.36. The van der Waals surface area contributed by atoms with Crippen molar-refractivity contribution in [2.75, 3.05) is 32.7 Å². The summed E-state index contributed by atoms with van der Waals surface area (Å²) in [7, 11) is 3.60. The molecule has 1 saturated heterocycles. The predicted molar refractivity (Wildman–Crippen MR) is 108 cm³/mol. The minimum Gasteiger partial charge on any atom is -0.496 e. The fourth-order valence-electron chi connectivity index (χ4n) is 4.81. The number of aliphatic imine (C=N–C) groups is 1. The third-order valence-electron chi connectivity index (χ3n) is 6.26. The van der Waals surface area contributed by atoms with Crippen LogP contribution in [0.1, 0.15) is 35.6 Å². The Labute approximate surface area is 159 Å². The highest BCUT2D eigenvalue weighted by molar-refractivity contribution is 6.11. The van der Waals surface area contributed by atoms with E-state index in [1.165, 1.54) is 27.8 Å². The molecule has 0 saturated carbocycles. The van der Waals surface area contributed by atoms with Crippen LogP contribution < -0.4 is 10.1 Å². The summed E-state index contributed by atoms with van der Waals surface area (Å²) < 4.78 is 11.6. The van der Waals surface area contributed by atoms with E-state index < -0.39 is 0 Å².